The quantitative estimate of drug-likeness (QED) is 0.435. The topological polar surface area (TPSA) is 61.8 Å². The number of esters is 1. The maximum Gasteiger partial charge on any atom is 0.516 e. The van der Waals surface area contributed by atoms with Gasteiger partial charge < -0.3 is 14.2 Å². The highest BCUT2D eigenvalue weighted by Gasteiger charge is 2.24. The smallest absolute Gasteiger partial charge is 0.497 e. The lowest BCUT2D eigenvalue weighted by molar-refractivity contribution is -0.141. The maximum absolute atomic E-state index is 12.5. The Bertz CT molecular complexity index is 965. The molecule has 0 aromatic heterocycles. The fourth-order valence-electron chi connectivity index (χ4n) is 3.02. The number of hydrogen-bond acceptors (Lipinski definition) is 5. The Labute approximate surface area is 163 Å². The Kier molecular flexibility index (Phi) is 6.27. The summed E-state index contributed by atoms with van der Waals surface area (Å²) in [7, 11) is 1.62. The van der Waals surface area contributed by atoms with Crippen molar-refractivity contribution in [1.29, 1.82) is 0 Å². The van der Waals surface area contributed by atoms with E-state index in [4.69, 9.17) is 14.2 Å². The van der Waals surface area contributed by atoms with Crippen molar-refractivity contribution in [1.82, 2.24) is 0 Å². The Morgan fingerprint density at radius 3 is 2.36 bits per heavy atom. The summed E-state index contributed by atoms with van der Waals surface area (Å²) in [6, 6.07) is 20.7. The van der Waals surface area contributed by atoms with E-state index in [0.29, 0.717) is 6.42 Å². The third kappa shape index (κ3) is 4.68. The Morgan fingerprint density at radius 1 is 0.929 bits per heavy atom. The van der Waals surface area contributed by atoms with Crippen molar-refractivity contribution in [2.45, 2.75) is 25.9 Å². The molecule has 28 heavy (non-hydrogen) atoms. The molecule has 0 fully saturated rings. The van der Waals surface area contributed by atoms with Crippen molar-refractivity contribution >= 4 is 22.9 Å². The van der Waals surface area contributed by atoms with Gasteiger partial charge in [0.25, 0.3) is 0 Å². The van der Waals surface area contributed by atoms with Crippen LogP contribution in [0.25, 0.3) is 10.8 Å². The predicted molar refractivity (Wildman–Crippen MR) is 106 cm³/mol. The molecule has 144 valence electrons. The SMILES string of the molecule is CCC(C(=O)OC(=O)OCc1ccccc1)c1ccc2cc(OC)ccc2c1. The van der Waals surface area contributed by atoms with Gasteiger partial charge in [-0.2, -0.15) is 0 Å². The molecule has 3 aromatic rings. The van der Waals surface area contributed by atoms with Crippen LogP contribution in [-0.2, 0) is 20.9 Å². The Hall–Kier alpha value is -3.34. The van der Waals surface area contributed by atoms with Crippen LogP contribution in [0, 0.1) is 0 Å². The van der Waals surface area contributed by atoms with Crippen LogP contribution in [-0.4, -0.2) is 19.2 Å². The summed E-state index contributed by atoms with van der Waals surface area (Å²) in [4.78, 5) is 24.4. The van der Waals surface area contributed by atoms with Crippen molar-refractivity contribution in [3.8, 4) is 5.75 Å². The highest BCUT2D eigenvalue weighted by atomic mass is 16.7. The highest BCUT2D eigenvalue weighted by Crippen LogP contribution is 2.27. The molecule has 0 heterocycles. The lowest BCUT2D eigenvalue weighted by atomic mass is 9.94. The van der Waals surface area contributed by atoms with E-state index in [1.807, 2.05) is 73.7 Å². The number of hydrogen-bond donors (Lipinski definition) is 0. The third-order valence-electron chi connectivity index (χ3n) is 4.55. The molecule has 0 bridgehead atoms. The minimum atomic E-state index is -0.988. The van der Waals surface area contributed by atoms with Gasteiger partial charge in [-0.15, -0.1) is 0 Å². The molecular formula is C23H22O5. The predicted octanol–water partition coefficient (Wildman–Crippen LogP) is 5.22. The summed E-state index contributed by atoms with van der Waals surface area (Å²) in [6.45, 7) is 1.93. The van der Waals surface area contributed by atoms with Crippen LogP contribution >= 0.6 is 0 Å². The molecule has 0 radical (unpaired) electrons. The van der Waals surface area contributed by atoms with Gasteiger partial charge in [-0.1, -0.05) is 61.5 Å². The summed E-state index contributed by atoms with van der Waals surface area (Å²) in [5, 5.41) is 1.99. The van der Waals surface area contributed by atoms with Gasteiger partial charge >= 0.3 is 12.1 Å². The minimum absolute atomic E-state index is 0.0571. The molecule has 0 aliphatic rings. The second kappa shape index (κ2) is 9.04. The number of benzene rings is 3. The van der Waals surface area contributed by atoms with Crippen LogP contribution in [0.3, 0.4) is 0 Å². The van der Waals surface area contributed by atoms with Gasteiger partial charge in [0.05, 0.1) is 13.0 Å². The van der Waals surface area contributed by atoms with Crippen LogP contribution in [0.4, 0.5) is 4.79 Å². The second-order valence-corrected chi connectivity index (χ2v) is 6.38. The fraction of sp³-hybridized carbons (Fsp3) is 0.217. The number of ether oxygens (including phenoxy) is 3. The summed E-state index contributed by atoms with van der Waals surface area (Å²) < 4.78 is 15.2. The van der Waals surface area contributed by atoms with Gasteiger partial charge in [0.15, 0.2) is 0 Å². The van der Waals surface area contributed by atoms with Gasteiger partial charge in [-0.05, 0) is 40.5 Å². The molecule has 3 rings (SSSR count). The number of carbonyl (C=O) groups excluding carboxylic acids is 2. The Morgan fingerprint density at radius 2 is 1.64 bits per heavy atom. The van der Waals surface area contributed by atoms with E-state index in [9.17, 15) is 9.59 Å². The first-order valence-corrected chi connectivity index (χ1v) is 9.10. The van der Waals surface area contributed by atoms with E-state index in [1.54, 1.807) is 7.11 Å². The van der Waals surface area contributed by atoms with Crippen molar-refractivity contribution in [2.75, 3.05) is 7.11 Å². The third-order valence-corrected chi connectivity index (χ3v) is 4.55. The lowest BCUT2D eigenvalue weighted by Crippen LogP contribution is -2.20. The average molecular weight is 378 g/mol. The monoisotopic (exact) mass is 378 g/mol. The van der Waals surface area contributed by atoms with Crippen LogP contribution in [0.5, 0.6) is 5.75 Å². The Balaban J connectivity index is 1.67. The molecule has 0 saturated heterocycles. The lowest BCUT2D eigenvalue weighted by Gasteiger charge is -2.14. The standard InChI is InChI=1S/C23H22O5/c1-3-21(19-10-9-18-14-20(26-2)12-11-17(18)13-19)22(24)28-23(25)27-15-16-7-5-4-6-8-16/h4-14,21H,3,15H2,1-2H3. The molecule has 3 aromatic carbocycles. The van der Waals surface area contributed by atoms with E-state index in [1.165, 1.54) is 0 Å². The zero-order valence-corrected chi connectivity index (χ0v) is 15.9. The van der Waals surface area contributed by atoms with Crippen LogP contribution in [0.15, 0.2) is 66.7 Å². The van der Waals surface area contributed by atoms with Crippen molar-refractivity contribution < 1.29 is 23.8 Å². The first-order chi connectivity index (χ1) is 13.6. The van der Waals surface area contributed by atoms with Crippen molar-refractivity contribution in [2.24, 2.45) is 0 Å². The molecule has 5 heteroatoms. The first-order valence-electron chi connectivity index (χ1n) is 9.10. The molecule has 1 atom stereocenters. The van der Waals surface area contributed by atoms with Crippen LogP contribution < -0.4 is 4.74 Å². The van der Waals surface area contributed by atoms with Gasteiger partial charge in [-0.25, -0.2) is 4.79 Å². The zero-order valence-electron chi connectivity index (χ0n) is 15.9. The van der Waals surface area contributed by atoms with Gasteiger partial charge in [0.2, 0.25) is 0 Å². The van der Waals surface area contributed by atoms with E-state index in [2.05, 4.69) is 0 Å². The summed E-state index contributed by atoms with van der Waals surface area (Å²) in [6.07, 6.45) is -0.482. The number of fused-ring (bicyclic) bond motifs is 1. The van der Waals surface area contributed by atoms with Gasteiger partial charge in [-0.3, -0.25) is 4.79 Å². The van der Waals surface area contributed by atoms with Crippen molar-refractivity contribution in [3.05, 3.63) is 77.9 Å². The molecule has 1 unspecified atom stereocenters. The number of carbonyl (C=O) groups is 2. The molecule has 5 nitrogen and oxygen atoms in total. The largest absolute Gasteiger partial charge is 0.516 e. The second-order valence-electron chi connectivity index (χ2n) is 6.38. The molecule has 0 amide bonds. The van der Waals surface area contributed by atoms with E-state index in [-0.39, 0.29) is 6.61 Å². The van der Waals surface area contributed by atoms with E-state index in [0.717, 1.165) is 27.6 Å². The van der Waals surface area contributed by atoms with Gasteiger partial charge in [0.1, 0.15) is 12.4 Å². The normalized spacial score (nSPS) is 11.6. The molecule has 0 aliphatic carbocycles. The van der Waals surface area contributed by atoms with Crippen molar-refractivity contribution in [3.63, 3.8) is 0 Å². The maximum atomic E-state index is 12.5. The average Bonchev–Trinajstić information content (AvgIpc) is 2.73. The molecular weight excluding hydrogens is 356 g/mol. The molecule has 0 N–H and O–H groups in total. The van der Waals surface area contributed by atoms with Crippen LogP contribution in [0.1, 0.15) is 30.4 Å². The van der Waals surface area contributed by atoms with E-state index >= 15 is 0 Å². The first kappa shape index (κ1) is 19.4. The summed E-state index contributed by atoms with van der Waals surface area (Å²) >= 11 is 0. The molecule has 0 saturated carbocycles. The molecule has 0 spiro atoms. The van der Waals surface area contributed by atoms with Crippen LogP contribution in [0.2, 0.25) is 0 Å². The number of methoxy groups -OCH3 is 1. The minimum Gasteiger partial charge on any atom is -0.497 e. The summed E-state index contributed by atoms with van der Waals surface area (Å²) in [5.74, 6) is -0.392. The highest BCUT2D eigenvalue weighted by molar-refractivity contribution is 5.89. The number of rotatable bonds is 6. The van der Waals surface area contributed by atoms with E-state index < -0.39 is 18.0 Å². The fourth-order valence-corrected chi connectivity index (χ4v) is 3.02. The molecule has 0 aliphatic heterocycles. The summed E-state index contributed by atoms with van der Waals surface area (Å²) in [5.41, 5.74) is 1.62. The zero-order chi connectivity index (χ0) is 19.9. The van der Waals surface area contributed by atoms with Gasteiger partial charge in [0, 0.05) is 0 Å².